The minimum atomic E-state index is 0.459. The molecule has 3 aromatic rings. The number of fused-ring (bicyclic) bond motifs is 2. The first-order valence-electron chi connectivity index (χ1n) is 7.19. The zero-order chi connectivity index (χ0) is 14.4. The van der Waals surface area contributed by atoms with Crippen LogP contribution in [0.15, 0.2) is 42.5 Å². The number of halogens is 1. The zero-order valence-electron chi connectivity index (χ0n) is 11.5. The molecule has 21 heavy (non-hydrogen) atoms. The van der Waals surface area contributed by atoms with E-state index in [1.54, 1.807) is 0 Å². The van der Waals surface area contributed by atoms with Gasteiger partial charge in [0.05, 0.1) is 11.0 Å². The van der Waals surface area contributed by atoms with Gasteiger partial charge in [-0.2, -0.15) is 0 Å². The minimum absolute atomic E-state index is 0.459. The SMILES string of the molecule is S=c1[nH]c2cc(I)ccc2n1C1CCc2ccccc2C1. The van der Waals surface area contributed by atoms with Crippen molar-refractivity contribution in [3.63, 3.8) is 0 Å². The van der Waals surface area contributed by atoms with Crippen LogP contribution in [-0.2, 0) is 12.8 Å². The zero-order valence-corrected chi connectivity index (χ0v) is 14.4. The Morgan fingerprint density at radius 3 is 2.81 bits per heavy atom. The second kappa shape index (κ2) is 5.25. The van der Waals surface area contributed by atoms with E-state index in [4.69, 9.17) is 12.2 Å². The van der Waals surface area contributed by atoms with Crippen molar-refractivity contribution in [3.8, 4) is 0 Å². The Balaban J connectivity index is 1.81. The highest BCUT2D eigenvalue weighted by molar-refractivity contribution is 14.1. The molecule has 1 aliphatic carbocycles. The molecule has 0 spiro atoms. The summed E-state index contributed by atoms with van der Waals surface area (Å²) in [6.45, 7) is 0. The van der Waals surface area contributed by atoms with Crippen molar-refractivity contribution < 1.29 is 0 Å². The van der Waals surface area contributed by atoms with Crippen LogP contribution in [0.4, 0.5) is 0 Å². The van der Waals surface area contributed by atoms with Gasteiger partial charge in [0, 0.05) is 9.61 Å². The molecule has 0 bridgehead atoms. The van der Waals surface area contributed by atoms with E-state index in [9.17, 15) is 0 Å². The lowest BCUT2D eigenvalue weighted by Crippen LogP contribution is -2.18. The number of nitrogens with zero attached hydrogens (tertiary/aromatic N) is 1. The largest absolute Gasteiger partial charge is 0.331 e. The molecule has 2 nitrogen and oxygen atoms in total. The van der Waals surface area contributed by atoms with Crippen LogP contribution in [0.5, 0.6) is 0 Å². The summed E-state index contributed by atoms with van der Waals surface area (Å²) in [7, 11) is 0. The summed E-state index contributed by atoms with van der Waals surface area (Å²) in [5.74, 6) is 0. The maximum atomic E-state index is 5.58. The Labute approximate surface area is 142 Å². The van der Waals surface area contributed by atoms with Crippen LogP contribution in [0.1, 0.15) is 23.6 Å². The lowest BCUT2D eigenvalue weighted by molar-refractivity contribution is 0.448. The molecular formula is C17H15IN2S. The molecule has 0 saturated carbocycles. The van der Waals surface area contributed by atoms with Gasteiger partial charge in [0.1, 0.15) is 0 Å². The number of hydrogen-bond acceptors (Lipinski definition) is 1. The van der Waals surface area contributed by atoms with Gasteiger partial charge in [0.25, 0.3) is 0 Å². The molecule has 1 N–H and O–H groups in total. The molecule has 1 atom stereocenters. The van der Waals surface area contributed by atoms with Crippen LogP contribution in [0.2, 0.25) is 0 Å². The van der Waals surface area contributed by atoms with Gasteiger partial charge in [-0.05, 0) is 83.4 Å². The highest BCUT2D eigenvalue weighted by Gasteiger charge is 2.21. The van der Waals surface area contributed by atoms with E-state index < -0.39 is 0 Å². The number of aryl methyl sites for hydroxylation is 1. The first-order valence-corrected chi connectivity index (χ1v) is 8.67. The third-order valence-electron chi connectivity index (χ3n) is 4.36. The first kappa shape index (κ1) is 13.5. The van der Waals surface area contributed by atoms with Gasteiger partial charge < -0.3 is 9.55 Å². The fourth-order valence-corrected chi connectivity index (χ4v) is 4.21. The molecular weight excluding hydrogens is 391 g/mol. The normalized spacial score (nSPS) is 17.9. The molecule has 1 heterocycles. The third-order valence-corrected chi connectivity index (χ3v) is 5.33. The van der Waals surface area contributed by atoms with Crippen molar-refractivity contribution in [2.75, 3.05) is 0 Å². The number of rotatable bonds is 1. The van der Waals surface area contributed by atoms with Crippen LogP contribution in [0, 0.1) is 8.34 Å². The van der Waals surface area contributed by atoms with Gasteiger partial charge in [-0.15, -0.1) is 0 Å². The fourth-order valence-electron chi connectivity index (χ4n) is 3.36. The summed E-state index contributed by atoms with van der Waals surface area (Å²) in [5.41, 5.74) is 5.33. The van der Waals surface area contributed by atoms with Crippen molar-refractivity contribution in [2.45, 2.75) is 25.3 Å². The Kier molecular flexibility index (Phi) is 3.38. The second-order valence-corrected chi connectivity index (χ2v) is 7.26. The predicted molar refractivity (Wildman–Crippen MR) is 97.3 cm³/mol. The molecule has 0 saturated heterocycles. The Hall–Kier alpha value is -1.14. The summed E-state index contributed by atoms with van der Waals surface area (Å²) < 4.78 is 4.39. The summed E-state index contributed by atoms with van der Waals surface area (Å²) >= 11 is 7.92. The standard InChI is InChI=1S/C17H15IN2S/c18-13-6-8-16-15(10-13)19-17(21)20(16)14-7-5-11-3-1-2-4-12(11)9-14/h1-4,6,8,10,14H,5,7,9H2,(H,19,21). The van der Waals surface area contributed by atoms with Crippen molar-refractivity contribution in [1.29, 1.82) is 0 Å². The molecule has 106 valence electrons. The van der Waals surface area contributed by atoms with Gasteiger partial charge in [-0.1, -0.05) is 24.3 Å². The van der Waals surface area contributed by atoms with Crippen LogP contribution >= 0.6 is 34.8 Å². The fraction of sp³-hybridized carbons (Fsp3) is 0.235. The highest BCUT2D eigenvalue weighted by Crippen LogP contribution is 2.31. The van der Waals surface area contributed by atoms with Gasteiger partial charge in [-0.25, -0.2) is 0 Å². The topological polar surface area (TPSA) is 20.7 Å². The van der Waals surface area contributed by atoms with E-state index in [0.717, 1.165) is 29.6 Å². The third kappa shape index (κ3) is 2.34. The summed E-state index contributed by atoms with van der Waals surface area (Å²) in [4.78, 5) is 3.36. The van der Waals surface area contributed by atoms with Gasteiger partial charge in [0.15, 0.2) is 4.77 Å². The molecule has 0 radical (unpaired) electrons. The van der Waals surface area contributed by atoms with Crippen molar-refractivity contribution in [3.05, 3.63) is 61.9 Å². The number of hydrogen-bond donors (Lipinski definition) is 1. The Bertz CT molecular complexity index is 878. The maximum absolute atomic E-state index is 5.58. The van der Waals surface area contributed by atoms with Crippen molar-refractivity contribution in [2.24, 2.45) is 0 Å². The van der Waals surface area contributed by atoms with Crippen LogP contribution < -0.4 is 0 Å². The Morgan fingerprint density at radius 2 is 1.95 bits per heavy atom. The van der Waals surface area contributed by atoms with E-state index in [2.05, 4.69) is 74.6 Å². The monoisotopic (exact) mass is 406 g/mol. The lowest BCUT2D eigenvalue weighted by atomic mass is 9.88. The lowest BCUT2D eigenvalue weighted by Gasteiger charge is -2.26. The molecule has 0 aliphatic heterocycles. The number of H-pyrrole nitrogens is 1. The number of nitrogens with one attached hydrogen (secondary N) is 1. The van der Waals surface area contributed by atoms with Crippen molar-refractivity contribution in [1.82, 2.24) is 9.55 Å². The maximum Gasteiger partial charge on any atom is 0.178 e. The number of aromatic nitrogens is 2. The molecule has 4 rings (SSSR count). The van der Waals surface area contributed by atoms with Crippen molar-refractivity contribution >= 4 is 45.8 Å². The first-order chi connectivity index (χ1) is 10.2. The number of benzene rings is 2. The minimum Gasteiger partial charge on any atom is -0.331 e. The van der Waals surface area contributed by atoms with Gasteiger partial charge >= 0.3 is 0 Å². The summed E-state index contributed by atoms with van der Waals surface area (Å²) in [6.07, 6.45) is 3.37. The summed E-state index contributed by atoms with van der Waals surface area (Å²) in [6, 6.07) is 15.7. The average Bonchev–Trinajstić information content (AvgIpc) is 2.81. The van der Waals surface area contributed by atoms with E-state index in [-0.39, 0.29) is 0 Å². The van der Waals surface area contributed by atoms with E-state index in [0.29, 0.717) is 6.04 Å². The van der Waals surface area contributed by atoms with Crippen LogP contribution in [-0.4, -0.2) is 9.55 Å². The molecule has 2 aromatic carbocycles. The Morgan fingerprint density at radius 1 is 1.14 bits per heavy atom. The highest BCUT2D eigenvalue weighted by atomic mass is 127. The van der Waals surface area contributed by atoms with E-state index >= 15 is 0 Å². The molecule has 1 aromatic heterocycles. The van der Waals surface area contributed by atoms with Gasteiger partial charge in [0.2, 0.25) is 0 Å². The molecule has 0 amide bonds. The number of imidazole rings is 1. The second-order valence-electron chi connectivity index (χ2n) is 5.63. The quantitative estimate of drug-likeness (QED) is 0.444. The van der Waals surface area contributed by atoms with Crippen LogP contribution in [0.25, 0.3) is 11.0 Å². The molecule has 1 unspecified atom stereocenters. The average molecular weight is 406 g/mol. The smallest absolute Gasteiger partial charge is 0.178 e. The predicted octanol–water partition coefficient (Wildman–Crippen LogP) is 5.03. The molecule has 4 heteroatoms. The summed E-state index contributed by atoms with van der Waals surface area (Å²) in [5, 5.41) is 0. The molecule has 0 fully saturated rings. The van der Waals surface area contributed by atoms with Gasteiger partial charge in [-0.3, -0.25) is 0 Å². The number of aromatic amines is 1. The van der Waals surface area contributed by atoms with E-state index in [1.807, 2.05) is 0 Å². The van der Waals surface area contributed by atoms with E-state index in [1.165, 1.54) is 20.2 Å². The molecule has 1 aliphatic rings. The van der Waals surface area contributed by atoms with Crippen LogP contribution in [0.3, 0.4) is 0 Å².